The first-order chi connectivity index (χ1) is 5.36. The molecule has 2 rings (SSSR count). The molecule has 2 heterocycles. The van der Waals surface area contributed by atoms with E-state index in [2.05, 4.69) is 24.2 Å². The molecule has 2 nitrogen and oxygen atoms in total. The molecular formula is C9H10N2. The maximum atomic E-state index is 4.23. The van der Waals surface area contributed by atoms with Crippen LogP contribution >= 0.6 is 0 Å². The maximum Gasteiger partial charge on any atom is 0.0611 e. The van der Waals surface area contributed by atoms with E-state index in [9.17, 15) is 0 Å². The Morgan fingerprint density at radius 2 is 2.36 bits per heavy atom. The highest BCUT2D eigenvalue weighted by atomic mass is 15.4. The molecule has 0 spiro atoms. The summed E-state index contributed by atoms with van der Waals surface area (Å²) in [5, 5.41) is 6.11. The smallest absolute Gasteiger partial charge is 0.0611 e. The van der Waals surface area contributed by atoms with Gasteiger partial charge in [0.15, 0.2) is 0 Å². The summed E-state index contributed by atoms with van der Waals surface area (Å²) < 4.78 is 0. The second-order valence-electron chi connectivity index (χ2n) is 2.76. The highest BCUT2D eigenvalue weighted by molar-refractivity contribution is 5.65. The Labute approximate surface area is 66.2 Å². The summed E-state index contributed by atoms with van der Waals surface area (Å²) in [7, 11) is 0. The molecule has 56 valence electrons. The highest BCUT2D eigenvalue weighted by Crippen LogP contribution is 2.18. The Morgan fingerprint density at radius 1 is 1.45 bits per heavy atom. The molecule has 0 N–H and O–H groups in total. The molecule has 1 atom stereocenters. The third kappa shape index (κ3) is 1.11. The number of hydrogen-bond acceptors (Lipinski definition) is 2. The van der Waals surface area contributed by atoms with Crippen LogP contribution in [0.1, 0.15) is 6.92 Å². The average molecular weight is 146 g/mol. The van der Waals surface area contributed by atoms with Crippen LogP contribution in [0.15, 0.2) is 41.3 Å². The van der Waals surface area contributed by atoms with E-state index in [1.165, 1.54) is 5.70 Å². The normalized spacial score (nSPS) is 26.8. The van der Waals surface area contributed by atoms with Crippen LogP contribution in [0.3, 0.4) is 0 Å². The summed E-state index contributed by atoms with van der Waals surface area (Å²) >= 11 is 0. The standard InChI is InChI=1S/C9H10N2/c1-8-6-9-4-2-3-5-11(9)10-7-8/h2-8H,1H3. The van der Waals surface area contributed by atoms with Crippen LogP contribution in [0.4, 0.5) is 0 Å². The predicted molar refractivity (Wildman–Crippen MR) is 45.9 cm³/mol. The lowest BCUT2D eigenvalue weighted by Crippen LogP contribution is -2.16. The molecule has 11 heavy (non-hydrogen) atoms. The van der Waals surface area contributed by atoms with E-state index in [-0.39, 0.29) is 0 Å². The number of allylic oxidation sites excluding steroid dienone is 4. The first kappa shape index (κ1) is 6.40. The van der Waals surface area contributed by atoms with Crippen molar-refractivity contribution in [2.24, 2.45) is 11.0 Å². The van der Waals surface area contributed by atoms with Crippen LogP contribution in [0.2, 0.25) is 0 Å². The molecule has 0 aromatic heterocycles. The van der Waals surface area contributed by atoms with Gasteiger partial charge in [-0.1, -0.05) is 19.1 Å². The molecule has 1 unspecified atom stereocenters. The predicted octanol–water partition coefficient (Wildman–Crippen LogP) is 1.89. The van der Waals surface area contributed by atoms with Crippen LogP contribution in [0.5, 0.6) is 0 Å². The Bertz CT molecular complexity index is 271. The van der Waals surface area contributed by atoms with E-state index in [4.69, 9.17) is 0 Å². The lowest BCUT2D eigenvalue weighted by Gasteiger charge is -2.22. The van der Waals surface area contributed by atoms with Crippen LogP contribution in [0, 0.1) is 5.92 Å². The van der Waals surface area contributed by atoms with E-state index in [1.807, 2.05) is 29.6 Å². The third-order valence-corrected chi connectivity index (χ3v) is 1.73. The summed E-state index contributed by atoms with van der Waals surface area (Å²) in [5.41, 5.74) is 1.17. The maximum absolute atomic E-state index is 4.23. The molecule has 0 bridgehead atoms. The fraction of sp³-hybridized carbons (Fsp3) is 0.222. The van der Waals surface area contributed by atoms with Crippen molar-refractivity contribution in [3.63, 3.8) is 0 Å². The van der Waals surface area contributed by atoms with Gasteiger partial charge in [-0.05, 0) is 12.2 Å². The summed E-state index contributed by atoms with van der Waals surface area (Å²) in [6, 6.07) is 0. The first-order valence-electron chi connectivity index (χ1n) is 3.76. The molecule has 0 saturated carbocycles. The van der Waals surface area contributed by atoms with Gasteiger partial charge in [0, 0.05) is 18.3 Å². The van der Waals surface area contributed by atoms with Crippen molar-refractivity contribution in [3.8, 4) is 0 Å². The summed E-state index contributed by atoms with van der Waals surface area (Å²) in [5.74, 6) is 0.456. The van der Waals surface area contributed by atoms with Crippen LogP contribution < -0.4 is 0 Å². The van der Waals surface area contributed by atoms with Gasteiger partial charge in [0.05, 0.1) is 5.70 Å². The first-order valence-corrected chi connectivity index (χ1v) is 3.76. The van der Waals surface area contributed by atoms with E-state index in [0.29, 0.717) is 5.92 Å². The average Bonchev–Trinajstić information content (AvgIpc) is 2.04. The number of hydrazone groups is 1. The molecule has 2 heteroatoms. The van der Waals surface area contributed by atoms with Gasteiger partial charge in [0.1, 0.15) is 0 Å². The molecule has 2 aliphatic rings. The fourth-order valence-corrected chi connectivity index (χ4v) is 1.17. The van der Waals surface area contributed by atoms with Gasteiger partial charge in [-0.3, -0.25) is 0 Å². The molecule has 0 amide bonds. The minimum Gasteiger partial charge on any atom is -0.242 e. The van der Waals surface area contributed by atoms with Gasteiger partial charge in [0.25, 0.3) is 0 Å². The minimum atomic E-state index is 0.456. The molecule has 0 aliphatic carbocycles. The van der Waals surface area contributed by atoms with Gasteiger partial charge in [-0.15, -0.1) is 0 Å². The summed E-state index contributed by atoms with van der Waals surface area (Å²) in [6.07, 6.45) is 12.1. The SMILES string of the molecule is CC1C=NN2C=CC=CC2=C1. The van der Waals surface area contributed by atoms with E-state index >= 15 is 0 Å². The Morgan fingerprint density at radius 3 is 3.27 bits per heavy atom. The van der Waals surface area contributed by atoms with Gasteiger partial charge < -0.3 is 0 Å². The van der Waals surface area contributed by atoms with Crippen LogP contribution in [-0.2, 0) is 0 Å². The molecule has 2 aliphatic heterocycles. The van der Waals surface area contributed by atoms with Crippen molar-refractivity contribution in [1.82, 2.24) is 5.01 Å². The van der Waals surface area contributed by atoms with Crippen molar-refractivity contribution in [1.29, 1.82) is 0 Å². The second-order valence-corrected chi connectivity index (χ2v) is 2.76. The zero-order chi connectivity index (χ0) is 7.68. The highest BCUT2D eigenvalue weighted by Gasteiger charge is 2.10. The largest absolute Gasteiger partial charge is 0.242 e. The molecular weight excluding hydrogens is 136 g/mol. The minimum absolute atomic E-state index is 0.456. The van der Waals surface area contributed by atoms with Gasteiger partial charge in [-0.2, -0.15) is 5.10 Å². The van der Waals surface area contributed by atoms with Gasteiger partial charge in [0.2, 0.25) is 0 Å². The van der Waals surface area contributed by atoms with Crippen molar-refractivity contribution in [2.45, 2.75) is 6.92 Å². The van der Waals surface area contributed by atoms with Gasteiger partial charge >= 0.3 is 0 Å². The van der Waals surface area contributed by atoms with E-state index in [1.54, 1.807) is 0 Å². The Balaban J connectivity index is 2.31. The quantitative estimate of drug-likeness (QED) is 0.509. The fourth-order valence-electron chi connectivity index (χ4n) is 1.17. The lowest BCUT2D eigenvalue weighted by atomic mass is 10.1. The van der Waals surface area contributed by atoms with E-state index in [0.717, 1.165) is 0 Å². The second kappa shape index (κ2) is 2.38. The molecule has 0 radical (unpaired) electrons. The number of nitrogens with zero attached hydrogens (tertiary/aromatic N) is 2. The van der Waals surface area contributed by atoms with Crippen LogP contribution in [-0.4, -0.2) is 11.2 Å². The molecule has 0 fully saturated rings. The number of fused-ring (bicyclic) bond motifs is 1. The monoisotopic (exact) mass is 146 g/mol. The number of rotatable bonds is 0. The Kier molecular flexibility index (Phi) is 1.39. The summed E-state index contributed by atoms with van der Waals surface area (Å²) in [4.78, 5) is 0. The zero-order valence-corrected chi connectivity index (χ0v) is 6.44. The molecule has 0 saturated heterocycles. The Hall–Kier alpha value is -1.31. The molecule has 0 aromatic rings. The van der Waals surface area contributed by atoms with Crippen molar-refractivity contribution < 1.29 is 0 Å². The van der Waals surface area contributed by atoms with Crippen molar-refractivity contribution in [2.75, 3.05) is 0 Å². The summed E-state index contributed by atoms with van der Waals surface area (Å²) in [6.45, 7) is 2.12. The van der Waals surface area contributed by atoms with Gasteiger partial charge in [-0.25, -0.2) is 5.01 Å². The third-order valence-electron chi connectivity index (χ3n) is 1.73. The topological polar surface area (TPSA) is 15.6 Å². The van der Waals surface area contributed by atoms with E-state index < -0.39 is 0 Å². The van der Waals surface area contributed by atoms with Crippen LogP contribution in [0.25, 0.3) is 0 Å². The lowest BCUT2D eigenvalue weighted by molar-refractivity contribution is 0.494. The zero-order valence-electron chi connectivity index (χ0n) is 6.44. The number of hydrogen-bond donors (Lipinski definition) is 0. The molecule has 0 aromatic carbocycles. The van der Waals surface area contributed by atoms with Crippen molar-refractivity contribution >= 4 is 6.21 Å². The van der Waals surface area contributed by atoms with Crippen molar-refractivity contribution in [3.05, 3.63) is 36.2 Å².